The third kappa shape index (κ3) is 16.2. The molecule has 1 heterocycles. The number of aromatic hydroxyl groups is 1. The highest BCUT2D eigenvalue weighted by Gasteiger charge is 2.40. The van der Waals surface area contributed by atoms with Crippen molar-refractivity contribution in [2.75, 3.05) is 23.9 Å². The number of fused-ring (bicyclic) bond motifs is 1. The number of nitrogens with one attached hydrogen (secondary N) is 5. The number of rotatable bonds is 21. The van der Waals surface area contributed by atoms with Crippen molar-refractivity contribution >= 4 is 81.6 Å². The molecule has 0 saturated heterocycles. The molecule has 0 radical (unpaired) electrons. The van der Waals surface area contributed by atoms with Crippen LogP contribution in [0, 0.1) is 0 Å². The summed E-state index contributed by atoms with van der Waals surface area (Å²) in [6.45, 7) is -0.899. The van der Waals surface area contributed by atoms with Crippen LogP contribution in [0.15, 0.2) is 92.8 Å². The molecule has 4 rings (SSSR count). The highest BCUT2D eigenvalue weighted by atomic mass is 19.4. The summed E-state index contributed by atoms with van der Waals surface area (Å²) >= 11 is 0. The van der Waals surface area contributed by atoms with E-state index in [1.807, 2.05) is 16.0 Å². The fraction of sp³-hybridized carbons (Fsp3) is 0.262. The summed E-state index contributed by atoms with van der Waals surface area (Å²) < 4.78 is 86.5. The topological polar surface area (TPSA) is 506 Å². The smallest absolute Gasteiger partial charge is 0.433 e. The van der Waals surface area contributed by atoms with Crippen LogP contribution in [0.1, 0.15) is 28.4 Å². The van der Waals surface area contributed by atoms with Crippen molar-refractivity contribution in [2.24, 2.45) is 71.6 Å². The summed E-state index contributed by atoms with van der Waals surface area (Å²) in [7, 11) is 3.20. The van der Waals surface area contributed by atoms with Crippen LogP contribution < -0.4 is 88.0 Å². The first-order chi connectivity index (χ1) is 35.8. The number of carbonyl (C=O) groups excluding carboxylic acids is 6. The third-order valence-corrected chi connectivity index (χ3v) is 10.1. The summed E-state index contributed by atoms with van der Waals surface area (Å²) in [5, 5.41) is 32.5. The molecule has 25 N–H and O–H groups in total. The highest BCUT2D eigenvalue weighted by Crippen LogP contribution is 2.41. The summed E-state index contributed by atoms with van der Waals surface area (Å²) in [5.74, 6) is -12.7. The Morgan fingerprint density at radius 3 is 1.52 bits per heavy atom. The first-order valence-electron chi connectivity index (χ1n) is 21.5. The van der Waals surface area contributed by atoms with Crippen molar-refractivity contribution < 1.29 is 65.3 Å². The average Bonchev–Trinajstić information content (AvgIpc) is 3.32. The monoisotopic (exact) mass is 1090 g/mol. The van der Waals surface area contributed by atoms with Gasteiger partial charge in [-0.3, -0.25) is 28.8 Å². The normalized spacial score (nSPS) is 13.6. The third-order valence-electron chi connectivity index (χ3n) is 10.1. The molecule has 0 fully saturated rings. The number of primary amides is 1. The maximum atomic E-state index is 14.5. The number of amides is 6. The van der Waals surface area contributed by atoms with Gasteiger partial charge in [-0.25, -0.2) is 25.0 Å². The van der Waals surface area contributed by atoms with E-state index in [2.05, 4.69) is 35.6 Å². The van der Waals surface area contributed by atoms with E-state index in [-0.39, 0.29) is 17.2 Å². The maximum absolute atomic E-state index is 14.5. The minimum Gasteiger partial charge on any atom is -0.508 e. The molecule has 414 valence electrons. The lowest BCUT2D eigenvalue weighted by Gasteiger charge is -2.32. The van der Waals surface area contributed by atoms with Crippen LogP contribution in [0.2, 0.25) is 0 Å². The number of benzene rings is 3. The Morgan fingerprint density at radius 2 is 1.08 bits per heavy atom. The molecule has 0 bridgehead atoms. The van der Waals surface area contributed by atoms with E-state index in [9.17, 15) is 65.3 Å². The van der Waals surface area contributed by atoms with Crippen LogP contribution in [-0.4, -0.2) is 119 Å². The number of halogens is 6. The second-order valence-electron chi connectivity index (χ2n) is 16.0. The number of aliphatic imine (C=N–C) groups is 4. The Kier molecular flexibility index (Phi) is 19.1. The van der Waals surface area contributed by atoms with E-state index < -0.39 is 149 Å². The van der Waals surface area contributed by atoms with Gasteiger partial charge in [0.25, 0.3) is 29.5 Å². The minimum atomic E-state index is -5.42. The number of guanidine groups is 4. The van der Waals surface area contributed by atoms with Crippen LogP contribution in [-0.2, 0) is 47.7 Å². The van der Waals surface area contributed by atoms with Gasteiger partial charge in [-0.05, 0) is 23.8 Å². The van der Waals surface area contributed by atoms with Crippen LogP contribution in [0.4, 0.5) is 37.7 Å². The van der Waals surface area contributed by atoms with Gasteiger partial charge in [0.15, 0.2) is 23.8 Å². The fourth-order valence-corrected chi connectivity index (χ4v) is 6.69. The number of alkyl halides is 6. The molecule has 0 aliphatic carbocycles. The molecule has 6 amide bonds. The first-order valence-corrected chi connectivity index (χ1v) is 21.5. The van der Waals surface area contributed by atoms with Gasteiger partial charge in [-0.2, -0.15) is 26.3 Å². The van der Waals surface area contributed by atoms with Crippen molar-refractivity contribution in [3.8, 4) is 5.75 Å². The number of para-hydroxylation sites is 1. The van der Waals surface area contributed by atoms with E-state index in [0.717, 1.165) is 12.1 Å². The minimum absolute atomic E-state index is 0.137. The van der Waals surface area contributed by atoms with Crippen molar-refractivity contribution in [1.82, 2.24) is 31.6 Å². The maximum Gasteiger partial charge on any atom is 0.433 e. The molecule has 0 saturated carbocycles. The molecule has 0 spiro atoms. The summed E-state index contributed by atoms with van der Waals surface area (Å²) in [6, 6.07) is 11.0. The van der Waals surface area contributed by atoms with Crippen LogP contribution in [0.25, 0.3) is 10.9 Å². The average molecular weight is 1090 g/mol. The van der Waals surface area contributed by atoms with E-state index in [4.69, 9.17) is 51.6 Å². The molecule has 1 aromatic heterocycles. The van der Waals surface area contributed by atoms with Crippen LogP contribution in [0.5, 0.6) is 5.75 Å². The Labute approximate surface area is 430 Å². The van der Waals surface area contributed by atoms with Gasteiger partial charge in [0.05, 0.1) is 16.8 Å². The molecule has 6 unspecified atom stereocenters. The summed E-state index contributed by atoms with van der Waals surface area (Å²) in [6.07, 6.45) is -22.2. The number of phenols is 1. The summed E-state index contributed by atoms with van der Waals surface area (Å²) in [4.78, 5) is 101. The predicted octanol–water partition coefficient (Wildman–Crippen LogP) is -4.43. The number of pyridine rings is 1. The lowest BCUT2D eigenvalue weighted by molar-refractivity contribution is -0.142. The van der Waals surface area contributed by atoms with Gasteiger partial charge >= 0.3 is 12.4 Å². The van der Waals surface area contributed by atoms with Gasteiger partial charge in [-0.15, -0.1) is 0 Å². The van der Waals surface area contributed by atoms with Crippen molar-refractivity contribution in [3.05, 3.63) is 95.2 Å². The zero-order chi connectivity index (χ0) is 57.9. The van der Waals surface area contributed by atoms with E-state index in [1.54, 1.807) is 19.0 Å². The number of nitrogens with two attached hydrogens (primary N) is 9. The molecule has 35 heteroatoms. The number of anilines is 2. The molecule has 6 atom stereocenters. The van der Waals surface area contributed by atoms with Gasteiger partial charge in [-0.1, -0.05) is 48.5 Å². The fourth-order valence-electron chi connectivity index (χ4n) is 6.69. The Hall–Kier alpha value is -10.1. The van der Waals surface area contributed by atoms with Gasteiger partial charge in [0.1, 0.15) is 17.5 Å². The van der Waals surface area contributed by atoms with Gasteiger partial charge < -0.3 is 98.2 Å². The molecule has 77 heavy (non-hydrogen) atoms. The van der Waals surface area contributed by atoms with E-state index in [1.165, 1.54) is 48.5 Å². The SMILES string of the molecule is CN(C)c1ccc(CN(c2cc(C(F)(F)F)nc3c(C(F)(F)F)cccc23)C(O)C(=O)NC(C(=O)NC(N=C(N)N)C(=O)NC(N=C(N)N)C(=O)NC(N=C(N)N)C(=O)NC(N=C(N)N)C(N)=O)c2ccccc2)c(O)c1. The Bertz CT molecular complexity index is 2980. The Balaban J connectivity index is 1.78. The zero-order valence-electron chi connectivity index (χ0n) is 40.0. The summed E-state index contributed by atoms with van der Waals surface area (Å²) in [5.41, 5.74) is 43.1. The molecular weight excluding hydrogens is 1040 g/mol. The van der Waals surface area contributed by atoms with Crippen molar-refractivity contribution in [1.29, 1.82) is 0 Å². The number of hydrogen-bond acceptors (Lipinski definition) is 15. The van der Waals surface area contributed by atoms with Crippen molar-refractivity contribution in [3.63, 3.8) is 0 Å². The zero-order valence-corrected chi connectivity index (χ0v) is 40.0. The number of nitrogens with zero attached hydrogens (tertiary/aromatic N) is 7. The highest BCUT2D eigenvalue weighted by molar-refractivity contribution is 6.00. The molecule has 4 aromatic rings. The van der Waals surface area contributed by atoms with Crippen molar-refractivity contribution in [2.45, 2.75) is 55.8 Å². The number of aliphatic hydroxyl groups excluding tert-OH is 1. The Morgan fingerprint density at radius 1 is 0.597 bits per heavy atom. The number of aromatic nitrogens is 1. The molecule has 0 aliphatic rings. The molecule has 3 aromatic carbocycles. The lowest BCUT2D eigenvalue weighted by atomic mass is 10.0. The van der Waals surface area contributed by atoms with E-state index in [0.29, 0.717) is 16.7 Å². The second kappa shape index (κ2) is 24.8. The van der Waals surface area contributed by atoms with Gasteiger partial charge in [0, 0.05) is 43.3 Å². The lowest BCUT2D eigenvalue weighted by Crippen LogP contribution is -2.58. The quantitative estimate of drug-likeness (QED) is 0.0162. The number of hydrogen-bond donors (Lipinski definition) is 16. The number of phenolic OH excluding ortho intramolecular Hbond substituents is 1. The van der Waals surface area contributed by atoms with E-state index >= 15 is 0 Å². The van der Waals surface area contributed by atoms with Gasteiger partial charge in [0.2, 0.25) is 36.8 Å². The standard InChI is InChI=1S/C42H51F6N21O8/c1-68(2)18-12-11-17(22(70)13-18)15-69(21-14-23(42(46,47)48)58-25-19(21)9-6-10-20(25)41(43,44)45)36(77)35(76)59-24(16-7-4-3-5-8-16)31(72)61-28(65-38(52)53)33(74)63-30(67-40(56)57)34(75)62-29(66-39(54)55)32(73)60-27(26(49)71)64-37(50)51/h3-14,24,27-30,36,70,77H,15H2,1-2H3,(H2,49,71)(H,59,76)(H,60,73)(H,61,72)(H,62,75)(H,63,74)(H4,50,51,64)(H4,52,53,65)(H4,54,55,66)(H4,56,57,67). The predicted molar refractivity (Wildman–Crippen MR) is 264 cm³/mol. The number of carbonyl (C=O) groups is 6. The largest absolute Gasteiger partial charge is 0.508 e. The number of aliphatic hydroxyl groups is 1. The molecular formula is C42H51F6N21O8. The van der Waals surface area contributed by atoms with Crippen LogP contribution >= 0.6 is 0 Å². The van der Waals surface area contributed by atoms with Crippen LogP contribution in [0.3, 0.4) is 0 Å². The second-order valence-corrected chi connectivity index (χ2v) is 16.0. The molecule has 29 nitrogen and oxygen atoms in total. The first kappa shape index (κ1) is 59.5. The molecule has 0 aliphatic heterocycles.